The molecule has 1 unspecified atom stereocenters. The number of nitrogens with zero attached hydrogens (tertiary/aromatic N) is 2. The van der Waals surface area contributed by atoms with Gasteiger partial charge in [0.1, 0.15) is 11.1 Å². The van der Waals surface area contributed by atoms with Gasteiger partial charge in [-0.05, 0) is 43.0 Å². The van der Waals surface area contributed by atoms with Crippen molar-refractivity contribution < 1.29 is 22.7 Å². The van der Waals surface area contributed by atoms with Crippen molar-refractivity contribution in [3.8, 4) is 6.07 Å². The summed E-state index contributed by atoms with van der Waals surface area (Å²) >= 11 is 1.18. The van der Waals surface area contributed by atoms with E-state index < -0.39 is 28.0 Å². The average Bonchev–Trinajstić information content (AvgIpc) is 3.08. The molecule has 8 nitrogen and oxygen atoms in total. The molecule has 1 aromatic heterocycles. The molecule has 0 aliphatic rings. The van der Waals surface area contributed by atoms with Crippen molar-refractivity contribution in [2.75, 3.05) is 19.4 Å². The monoisotopic (exact) mass is 421 g/mol. The summed E-state index contributed by atoms with van der Waals surface area (Å²) in [4.78, 5) is 24.7. The van der Waals surface area contributed by atoms with Crippen molar-refractivity contribution in [1.82, 2.24) is 4.31 Å². The number of rotatable bonds is 6. The second-order valence-electron chi connectivity index (χ2n) is 6.08. The average molecular weight is 422 g/mol. The topological polar surface area (TPSA) is 117 Å². The highest BCUT2D eigenvalue weighted by Gasteiger charge is 2.24. The predicted octanol–water partition coefficient (Wildman–Crippen LogP) is 2.36. The highest BCUT2D eigenvalue weighted by molar-refractivity contribution is 7.89. The quantitative estimate of drug-likeness (QED) is 0.716. The van der Waals surface area contributed by atoms with Crippen LogP contribution in [0.4, 0.5) is 5.00 Å². The Balaban J connectivity index is 2.18. The lowest BCUT2D eigenvalue weighted by molar-refractivity contribution is -0.123. The first kappa shape index (κ1) is 21.6. The predicted molar refractivity (Wildman–Crippen MR) is 105 cm³/mol. The maximum Gasteiger partial charge on any atom is 0.339 e. The minimum Gasteiger partial charge on any atom is -0.449 e. The molecule has 1 amide bonds. The number of carbonyl (C=O) groups excluding carboxylic acids is 2. The summed E-state index contributed by atoms with van der Waals surface area (Å²) in [7, 11) is -0.942. The Morgan fingerprint density at radius 3 is 2.57 bits per heavy atom. The number of anilines is 1. The number of hydrogen-bond donors (Lipinski definition) is 1. The number of benzene rings is 1. The number of aryl methyl sites for hydroxylation is 1. The van der Waals surface area contributed by atoms with Crippen molar-refractivity contribution in [1.29, 1.82) is 5.26 Å². The third-order valence-corrected chi connectivity index (χ3v) is 6.52. The van der Waals surface area contributed by atoms with Gasteiger partial charge in [0.2, 0.25) is 10.0 Å². The first-order valence-electron chi connectivity index (χ1n) is 8.10. The van der Waals surface area contributed by atoms with Crippen LogP contribution in [0.5, 0.6) is 0 Å². The van der Waals surface area contributed by atoms with Crippen LogP contribution in [0.3, 0.4) is 0 Å². The minimum absolute atomic E-state index is 0.0515. The van der Waals surface area contributed by atoms with E-state index in [0.29, 0.717) is 16.1 Å². The molecule has 0 radical (unpaired) electrons. The number of sulfonamides is 1. The van der Waals surface area contributed by atoms with E-state index in [1.807, 2.05) is 6.07 Å². The van der Waals surface area contributed by atoms with E-state index in [4.69, 9.17) is 10.00 Å². The molecule has 10 heteroatoms. The van der Waals surface area contributed by atoms with Gasteiger partial charge < -0.3 is 10.1 Å². The fourth-order valence-corrected chi connectivity index (χ4v) is 3.85. The largest absolute Gasteiger partial charge is 0.449 e. The van der Waals surface area contributed by atoms with E-state index in [2.05, 4.69) is 5.32 Å². The molecule has 0 aliphatic heterocycles. The molecule has 1 N–H and O–H groups in total. The van der Waals surface area contributed by atoms with Crippen molar-refractivity contribution in [3.05, 3.63) is 46.3 Å². The summed E-state index contributed by atoms with van der Waals surface area (Å²) in [6, 6.07) is 7.65. The summed E-state index contributed by atoms with van der Waals surface area (Å²) in [6.07, 6.45) is -1.14. The van der Waals surface area contributed by atoms with Gasteiger partial charge in [-0.2, -0.15) is 5.26 Å². The molecular weight excluding hydrogens is 402 g/mol. The standard InChI is InChI=1S/C18H19N3O5S2/c1-11-5-6-14(28(24,25)21(3)4)9-15(11)18(23)26-12(2)16(22)20-17-13(10-19)7-8-27-17/h5-9,12H,1-4H3,(H,20,22). The van der Waals surface area contributed by atoms with Crippen molar-refractivity contribution in [2.45, 2.75) is 24.8 Å². The van der Waals surface area contributed by atoms with E-state index in [1.54, 1.807) is 18.4 Å². The third-order valence-electron chi connectivity index (χ3n) is 3.88. The maximum atomic E-state index is 12.5. The van der Waals surface area contributed by atoms with Crippen LogP contribution in [0, 0.1) is 18.3 Å². The first-order chi connectivity index (χ1) is 13.1. The molecule has 0 spiro atoms. The second-order valence-corrected chi connectivity index (χ2v) is 9.14. The Morgan fingerprint density at radius 1 is 1.29 bits per heavy atom. The number of esters is 1. The maximum absolute atomic E-state index is 12.5. The highest BCUT2D eigenvalue weighted by Crippen LogP contribution is 2.23. The normalized spacial score (nSPS) is 12.3. The summed E-state index contributed by atoms with van der Waals surface area (Å²) in [5.74, 6) is -1.41. The van der Waals surface area contributed by atoms with Crippen LogP contribution in [0.1, 0.15) is 28.4 Å². The molecule has 0 saturated heterocycles. The van der Waals surface area contributed by atoms with Crippen molar-refractivity contribution >= 4 is 38.2 Å². The van der Waals surface area contributed by atoms with Gasteiger partial charge in [-0.15, -0.1) is 11.3 Å². The second kappa shape index (κ2) is 8.52. The Labute approximate surface area is 167 Å². The molecule has 1 aromatic carbocycles. The fraction of sp³-hybridized carbons (Fsp3) is 0.278. The summed E-state index contributed by atoms with van der Waals surface area (Å²) in [6.45, 7) is 3.03. The Morgan fingerprint density at radius 2 is 1.96 bits per heavy atom. The van der Waals surface area contributed by atoms with Crippen LogP contribution < -0.4 is 5.32 Å². The Bertz CT molecular complexity index is 1050. The lowest BCUT2D eigenvalue weighted by Crippen LogP contribution is -2.30. The zero-order valence-electron chi connectivity index (χ0n) is 15.7. The molecule has 0 bridgehead atoms. The van der Waals surface area contributed by atoms with Crippen LogP contribution in [-0.2, 0) is 19.6 Å². The van der Waals surface area contributed by atoms with Gasteiger partial charge in [0, 0.05) is 14.1 Å². The third kappa shape index (κ3) is 4.56. The number of carbonyl (C=O) groups is 2. The zero-order chi connectivity index (χ0) is 21.1. The highest BCUT2D eigenvalue weighted by atomic mass is 32.2. The minimum atomic E-state index is -3.72. The summed E-state index contributed by atoms with van der Waals surface area (Å²) < 4.78 is 30.8. The zero-order valence-corrected chi connectivity index (χ0v) is 17.3. The number of hydrogen-bond acceptors (Lipinski definition) is 7. The fourth-order valence-electron chi connectivity index (χ4n) is 2.18. The van der Waals surface area contributed by atoms with E-state index in [9.17, 15) is 18.0 Å². The molecule has 148 valence electrons. The van der Waals surface area contributed by atoms with Gasteiger partial charge >= 0.3 is 5.97 Å². The number of nitriles is 1. The number of thiophene rings is 1. The van der Waals surface area contributed by atoms with E-state index in [-0.39, 0.29) is 10.5 Å². The molecule has 0 saturated carbocycles. The van der Waals surface area contributed by atoms with Gasteiger partial charge in [-0.25, -0.2) is 17.5 Å². The molecule has 0 aliphatic carbocycles. The molecule has 0 fully saturated rings. The molecule has 2 rings (SSSR count). The Hall–Kier alpha value is -2.74. The summed E-state index contributed by atoms with van der Waals surface area (Å²) in [5, 5.41) is 13.5. The van der Waals surface area contributed by atoms with E-state index in [0.717, 1.165) is 4.31 Å². The van der Waals surface area contributed by atoms with Gasteiger partial charge in [0.05, 0.1) is 16.0 Å². The van der Waals surface area contributed by atoms with Crippen LogP contribution in [-0.4, -0.2) is 44.8 Å². The molecule has 2 aromatic rings. The van der Waals surface area contributed by atoms with Gasteiger partial charge in [-0.3, -0.25) is 4.79 Å². The first-order valence-corrected chi connectivity index (χ1v) is 10.4. The molecule has 28 heavy (non-hydrogen) atoms. The SMILES string of the molecule is Cc1ccc(S(=O)(=O)N(C)C)cc1C(=O)OC(C)C(=O)Nc1sccc1C#N. The van der Waals surface area contributed by atoms with Gasteiger partial charge in [0.15, 0.2) is 6.10 Å². The van der Waals surface area contributed by atoms with Crippen LogP contribution in [0.15, 0.2) is 34.5 Å². The molecule has 1 heterocycles. The lowest BCUT2D eigenvalue weighted by Gasteiger charge is -2.16. The van der Waals surface area contributed by atoms with E-state index in [1.165, 1.54) is 50.6 Å². The van der Waals surface area contributed by atoms with Crippen LogP contribution in [0.2, 0.25) is 0 Å². The smallest absolute Gasteiger partial charge is 0.339 e. The van der Waals surface area contributed by atoms with Crippen LogP contribution in [0.25, 0.3) is 0 Å². The number of ether oxygens (including phenoxy) is 1. The Kier molecular flexibility index (Phi) is 6.56. The van der Waals surface area contributed by atoms with Gasteiger partial charge in [0.25, 0.3) is 5.91 Å². The molecule has 1 atom stereocenters. The van der Waals surface area contributed by atoms with Gasteiger partial charge in [-0.1, -0.05) is 6.07 Å². The van der Waals surface area contributed by atoms with Crippen molar-refractivity contribution in [2.24, 2.45) is 0 Å². The molecular formula is C18H19N3O5S2. The number of amides is 1. The van der Waals surface area contributed by atoms with E-state index >= 15 is 0 Å². The van der Waals surface area contributed by atoms with Crippen molar-refractivity contribution in [3.63, 3.8) is 0 Å². The lowest BCUT2D eigenvalue weighted by atomic mass is 10.1. The summed E-state index contributed by atoms with van der Waals surface area (Å²) in [5.41, 5.74) is 0.881. The van der Waals surface area contributed by atoms with Crippen LogP contribution >= 0.6 is 11.3 Å². The number of nitrogens with one attached hydrogen (secondary N) is 1.